The van der Waals surface area contributed by atoms with Crippen molar-refractivity contribution in [1.29, 1.82) is 0 Å². The summed E-state index contributed by atoms with van der Waals surface area (Å²) in [5, 5.41) is 8.68. The number of hydrogen-bond acceptors (Lipinski definition) is 6. The molecule has 2 atom stereocenters. The average molecular weight is 233 g/mol. The van der Waals surface area contributed by atoms with Crippen LogP contribution < -0.4 is 5.73 Å². The summed E-state index contributed by atoms with van der Waals surface area (Å²) in [5.41, 5.74) is 5.33. The molecule has 0 aromatic rings. The van der Waals surface area contributed by atoms with E-state index in [1.165, 1.54) is 6.92 Å². The van der Waals surface area contributed by atoms with Crippen molar-refractivity contribution in [1.82, 2.24) is 0 Å². The van der Waals surface area contributed by atoms with Gasteiger partial charge < -0.3 is 20.3 Å². The van der Waals surface area contributed by atoms with E-state index in [0.29, 0.717) is 0 Å². The quantitative estimate of drug-likeness (QED) is 0.462. The van der Waals surface area contributed by atoms with Crippen molar-refractivity contribution in [3.63, 3.8) is 0 Å². The monoisotopic (exact) mass is 233 g/mol. The lowest BCUT2D eigenvalue weighted by Gasteiger charge is -2.22. The van der Waals surface area contributed by atoms with Gasteiger partial charge in [0.1, 0.15) is 6.04 Å². The van der Waals surface area contributed by atoms with Gasteiger partial charge in [0.25, 0.3) is 0 Å². The summed E-state index contributed by atoms with van der Waals surface area (Å²) in [6, 6.07) is -1.34. The van der Waals surface area contributed by atoms with E-state index in [4.69, 9.17) is 10.8 Å². The molecule has 16 heavy (non-hydrogen) atoms. The number of esters is 2. The Morgan fingerprint density at radius 2 is 1.50 bits per heavy atom. The molecule has 0 aromatic heterocycles. The van der Waals surface area contributed by atoms with Crippen LogP contribution in [0.4, 0.5) is 0 Å². The molecule has 0 bridgehead atoms. The van der Waals surface area contributed by atoms with Gasteiger partial charge in [-0.15, -0.1) is 0 Å². The summed E-state index contributed by atoms with van der Waals surface area (Å²) < 4.78 is 8.80. The lowest BCUT2D eigenvalue weighted by atomic mass is 9.88. The Morgan fingerprint density at radius 1 is 1.12 bits per heavy atom. The van der Waals surface area contributed by atoms with Crippen molar-refractivity contribution in [3.05, 3.63) is 0 Å². The number of rotatable bonds is 5. The fraction of sp³-hybridized carbons (Fsp3) is 0.667. The highest BCUT2D eigenvalue weighted by molar-refractivity contribution is 5.96. The van der Waals surface area contributed by atoms with Crippen LogP contribution in [0, 0.1) is 11.8 Å². The maximum atomic E-state index is 11.3. The Hall–Kier alpha value is -1.63. The van der Waals surface area contributed by atoms with Gasteiger partial charge in [0, 0.05) is 5.92 Å². The summed E-state index contributed by atoms with van der Waals surface area (Å²) >= 11 is 0. The van der Waals surface area contributed by atoms with Gasteiger partial charge >= 0.3 is 17.9 Å². The van der Waals surface area contributed by atoms with E-state index in [9.17, 15) is 14.4 Å². The normalized spacial score (nSPS) is 14.1. The Kier molecular flexibility index (Phi) is 5.44. The van der Waals surface area contributed by atoms with E-state index in [2.05, 4.69) is 9.47 Å². The van der Waals surface area contributed by atoms with Crippen molar-refractivity contribution >= 4 is 17.9 Å². The average Bonchev–Trinajstić information content (AvgIpc) is 2.27. The van der Waals surface area contributed by atoms with Gasteiger partial charge in [0.05, 0.1) is 14.2 Å². The van der Waals surface area contributed by atoms with E-state index in [1.807, 2.05) is 0 Å². The number of nitrogens with two attached hydrogens (primary N) is 1. The van der Waals surface area contributed by atoms with Crippen molar-refractivity contribution in [2.45, 2.75) is 13.0 Å². The minimum Gasteiger partial charge on any atom is -0.480 e. The maximum absolute atomic E-state index is 11.3. The maximum Gasteiger partial charge on any atom is 0.320 e. The largest absolute Gasteiger partial charge is 0.480 e. The van der Waals surface area contributed by atoms with Crippen LogP contribution in [0.15, 0.2) is 0 Å². The predicted molar refractivity (Wildman–Crippen MR) is 52.3 cm³/mol. The predicted octanol–water partition coefficient (Wildman–Crippen LogP) is -1.00. The molecule has 0 fully saturated rings. The van der Waals surface area contributed by atoms with E-state index in [0.717, 1.165) is 14.2 Å². The van der Waals surface area contributed by atoms with Crippen molar-refractivity contribution < 1.29 is 29.0 Å². The zero-order valence-electron chi connectivity index (χ0n) is 9.30. The van der Waals surface area contributed by atoms with Crippen LogP contribution in [-0.2, 0) is 23.9 Å². The number of methoxy groups -OCH3 is 2. The molecule has 0 heterocycles. The van der Waals surface area contributed by atoms with Crippen LogP contribution in [-0.4, -0.2) is 43.3 Å². The second-order valence-electron chi connectivity index (χ2n) is 3.25. The van der Waals surface area contributed by atoms with Crippen molar-refractivity contribution in [2.24, 2.45) is 17.6 Å². The highest BCUT2D eigenvalue weighted by atomic mass is 16.5. The number of carboxylic acid groups (broad SMARTS) is 1. The van der Waals surface area contributed by atoms with E-state index in [-0.39, 0.29) is 0 Å². The Morgan fingerprint density at radius 3 is 1.75 bits per heavy atom. The van der Waals surface area contributed by atoms with Crippen LogP contribution in [0.5, 0.6) is 0 Å². The molecule has 0 spiro atoms. The molecule has 0 unspecified atom stereocenters. The van der Waals surface area contributed by atoms with Crippen LogP contribution in [0.2, 0.25) is 0 Å². The first-order valence-electron chi connectivity index (χ1n) is 4.50. The highest BCUT2D eigenvalue weighted by Crippen LogP contribution is 2.18. The minimum absolute atomic E-state index is 0.865. The van der Waals surface area contributed by atoms with Gasteiger partial charge in [0.15, 0.2) is 5.92 Å². The van der Waals surface area contributed by atoms with Gasteiger partial charge in [-0.2, -0.15) is 0 Å². The zero-order valence-corrected chi connectivity index (χ0v) is 9.30. The van der Waals surface area contributed by atoms with Gasteiger partial charge in [0.2, 0.25) is 0 Å². The summed E-state index contributed by atoms with van der Waals surface area (Å²) in [7, 11) is 2.19. The molecule has 0 saturated heterocycles. The number of ether oxygens (including phenoxy) is 2. The Bertz CT molecular complexity index is 274. The molecule has 7 heteroatoms. The van der Waals surface area contributed by atoms with Crippen LogP contribution in [0.3, 0.4) is 0 Å². The lowest BCUT2D eigenvalue weighted by molar-refractivity contribution is -0.162. The molecule has 0 aliphatic carbocycles. The van der Waals surface area contributed by atoms with Gasteiger partial charge in [-0.25, -0.2) is 0 Å². The molecule has 3 N–H and O–H groups in total. The number of hydrogen-bond donors (Lipinski definition) is 2. The Labute approximate surface area is 92.5 Å². The minimum atomic E-state index is -1.34. The fourth-order valence-electron chi connectivity index (χ4n) is 1.21. The third-order valence-corrected chi connectivity index (χ3v) is 2.29. The Balaban J connectivity index is 4.96. The zero-order chi connectivity index (χ0) is 12.9. The van der Waals surface area contributed by atoms with Crippen LogP contribution >= 0.6 is 0 Å². The SMILES string of the molecule is COC(=O)C(C(=O)OC)[C@@H](C)[C@H](N)C(=O)O. The van der Waals surface area contributed by atoms with Crippen molar-refractivity contribution in [2.75, 3.05) is 14.2 Å². The van der Waals surface area contributed by atoms with Gasteiger partial charge in [-0.1, -0.05) is 6.92 Å². The number of carbonyl (C=O) groups is 3. The molecule has 0 aliphatic rings. The topological polar surface area (TPSA) is 116 Å². The molecular formula is C9H15NO6. The lowest BCUT2D eigenvalue weighted by Crippen LogP contribution is -2.45. The number of aliphatic carboxylic acids is 1. The standard InChI is InChI=1S/C9H15NO6/c1-4(6(10)7(11)12)5(8(13)15-2)9(14)16-3/h4-6H,10H2,1-3H3,(H,11,12)/t4-,6+/m1/s1. The number of carboxylic acids is 1. The third-order valence-electron chi connectivity index (χ3n) is 2.29. The summed E-state index contributed by atoms with van der Waals surface area (Å²) in [5.74, 6) is -5.28. The second kappa shape index (κ2) is 6.06. The molecule has 0 rings (SSSR count). The van der Waals surface area contributed by atoms with Crippen molar-refractivity contribution in [3.8, 4) is 0 Å². The molecule has 0 aliphatic heterocycles. The van der Waals surface area contributed by atoms with Gasteiger partial charge in [-0.3, -0.25) is 14.4 Å². The van der Waals surface area contributed by atoms with Crippen LogP contribution in [0.25, 0.3) is 0 Å². The van der Waals surface area contributed by atoms with E-state index < -0.39 is 35.8 Å². The molecule has 92 valence electrons. The fourth-order valence-corrected chi connectivity index (χ4v) is 1.21. The summed E-state index contributed by atoms with van der Waals surface area (Å²) in [6.07, 6.45) is 0. The summed E-state index contributed by atoms with van der Waals surface area (Å²) in [6.45, 7) is 1.37. The number of carbonyl (C=O) groups excluding carboxylic acids is 2. The first-order valence-corrected chi connectivity index (χ1v) is 4.50. The molecule has 0 amide bonds. The smallest absolute Gasteiger partial charge is 0.320 e. The molecule has 7 nitrogen and oxygen atoms in total. The van der Waals surface area contributed by atoms with Gasteiger partial charge in [-0.05, 0) is 0 Å². The first kappa shape index (κ1) is 14.4. The highest BCUT2D eigenvalue weighted by Gasteiger charge is 2.39. The molecular weight excluding hydrogens is 218 g/mol. The van der Waals surface area contributed by atoms with E-state index >= 15 is 0 Å². The van der Waals surface area contributed by atoms with E-state index in [1.54, 1.807) is 0 Å². The first-order chi connectivity index (χ1) is 7.36. The third kappa shape index (κ3) is 3.20. The molecule has 0 aromatic carbocycles. The molecule has 0 saturated carbocycles. The summed E-state index contributed by atoms with van der Waals surface area (Å²) in [4.78, 5) is 33.3. The molecule has 0 radical (unpaired) electrons. The van der Waals surface area contributed by atoms with Crippen LogP contribution in [0.1, 0.15) is 6.92 Å². The second-order valence-corrected chi connectivity index (χ2v) is 3.25.